The Balaban J connectivity index is 2.35. The van der Waals surface area contributed by atoms with Crippen LogP contribution in [0.15, 0.2) is 36.4 Å². The molecule has 0 aliphatic heterocycles. The van der Waals surface area contributed by atoms with Gasteiger partial charge in [0, 0.05) is 16.6 Å². The summed E-state index contributed by atoms with van der Waals surface area (Å²) < 4.78 is 14.0. The summed E-state index contributed by atoms with van der Waals surface area (Å²) in [6.45, 7) is 7.05. The first-order valence-corrected chi connectivity index (χ1v) is 7.64. The number of halogens is 2. The van der Waals surface area contributed by atoms with E-state index in [1.54, 1.807) is 12.1 Å². The van der Waals surface area contributed by atoms with Crippen LogP contribution in [0.5, 0.6) is 0 Å². The largest absolute Gasteiger partial charge is 0.310 e. The third kappa shape index (κ3) is 3.84. The number of nitrogens with one attached hydrogen (secondary N) is 1. The molecule has 0 aliphatic carbocycles. The van der Waals surface area contributed by atoms with Gasteiger partial charge in [-0.3, -0.25) is 0 Å². The second-order valence-electron chi connectivity index (χ2n) is 5.37. The Kier molecular flexibility index (Phi) is 5.38. The van der Waals surface area contributed by atoms with Gasteiger partial charge in [0.1, 0.15) is 5.82 Å². The second-order valence-corrected chi connectivity index (χ2v) is 5.78. The first-order chi connectivity index (χ1) is 10.0. The predicted octanol–water partition coefficient (Wildman–Crippen LogP) is 4.99. The fourth-order valence-electron chi connectivity index (χ4n) is 2.69. The molecule has 1 nitrogen and oxygen atoms in total. The predicted molar refractivity (Wildman–Crippen MR) is 87.4 cm³/mol. The van der Waals surface area contributed by atoms with E-state index in [-0.39, 0.29) is 11.9 Å². The molecule has 0 fully saturated rings. The van der Waals surface area contributed by atoms with Gasteiger partial charge in [0.05, 0.1) is 0 Å². The van der Waals surface area contributed by atoms with E-state index in [0.29, 0.717) is 17.0 Å². The van der Waals surface area contributed by atoms with Crippen molar-refractivity contribution in [2.75, 3.05) is 6.54 Å². The highest BCUT2D eigenvalue weighted by Gasteiger charge is 2.17. The van der Waals surface area contributed by atoms with Crippen LogP contribution in [0.25, 0.3) is 0 Å². The van der Waals surface area contributed by atoms with Crippen LogP contribution in [0.4, 0.5) is 4.39 Å². The van der Waals surface area contributed by atoms with Crippen LogP contribution in [0, 0.1) is 19.7 Å². The van der Waals surface area contributed by atoms with E-state index < -0.39 is 0 Å². The van der Waals surface area contributed by atoms with E-state index in [0.717, 1.165) is 6.54 Å². The lowest BCUT2D eigenvalue weighted by atomic mass is 9.94. The number of likely N-dealkylation sites (N-methyl/N-ethyl adjacent to an activating group) is 1. The lowest BCUT2D eigenvalue weighted by Crippen LogP contribution is -2.24. The zero-order valence-corrected chi connectivity index (χ0v) is 13.5. The standard InChI is InChI=1S/C18H21ClFN/c1-4-21-18(14-9-8-12(2)10-13(14)3)11-15-16(19)6-5-7-17(15)20/h5-10,18,21H,4,11H2,1-3H3. The Morgan fingerprint density at radius 2 is 1.95 bits per heavy atom. The molecule has 0 bridgehead atoms. The smallest absolute Gasteiger partial charge is 0.127 e. The van der Waals surface area contributed by atoms with Gasteiger partial charge in [-0.1, -0.05) is 48.4 Å². The van der Waals surface area contributed by atoms with Crippen molar-refractivity contribution in [1.29, 1.82) is 0 Å². The third-order valence-corrected chi connectivity index (χ3v) is 4.08. The van der Waals surface area contributed by atoms with Crippen molar-refractivity contribution in [3.05, 3.63) is 69.5 Å². The molecule has 1 atom stereocenters. The minimum absolute atomic E-state index is 0.0602. The maximum Gasteiger partial charge on any atom is 0.127 e. The van der Waals surface area contributed by atoms with Crippen LogP contribution >= 0.6 is 11.6 Å². The quantitative estimate of drug-likeness (QED) is 0.820. The molecule has 112 valence electrons. The number of benzene rings is 2. The molecule has 0 aromatic heterocycles. The van der Waals surface area contributed by atoms with Crippen LogP contribution in [0.1, 0.15) is 35.2 Å². The van der Waals surface area contributed by atoms with E-state index in [4.69, 9.17) is 11.6 Å². The normalized spacial score (nSPS) is 12.4. The van der Waals surface area contributed by atoms with Crippen LogP contribution < -0.4 is 5.32 Å². The Morgan fingerprint density at radius 1 is 1.19 bits per heavy atom. The summed E-state index contributed by atoms with van der Waals surface area (Å²) in [5.41, 5.74) is 4.22. The maximum absolute atomic E-state index is 14.0. The van der Waals surface area contributed by atoms with Crippen molar-refractivity contribution in [3.63, 3.8) is 0 Å². The number of hydrogen-bond donors (Lipinski definition) is 1. The molecular formula is C18H21ClFN. The Morgan fingerprint density at radius 3 is 2.57 bits per heavy atom. The second kappa shape index (κ2) is 7.06. The highest BCUT2D eigenvalue weighted by Crippen LogP contribution is 2.27. The van der Waals surface area contributed by atoms with Gasteiger partial charge in [0.2, 0.25) is 0 Å². The molecule has 1 N–H and O–H groups in total. The van der Waals surface area contributed by atoms with Gasteiger partial charge in [-0.25, -0.2) is 4.39 Å². The van der Waals surface area contributed by atoms with Crippen molar-refractivity contribution in [1.82, 2.24) is 5.32 Å². The van der Waals surface area contributed by atoms with Gasteiger partial charge < -0.3 is 5.32 Å². The molecule has 3 heteroatoms. The minimum atomic E-state index is -0.241. The number of rotatable bonds is 5. The summed E-state index contributed by atoms with van der Waals surface area (Å²) in [5, 5.41) is 3.93. The number of hydrogen-bond acceptors (Lipinski definition) is 1. The summed E-state index contributed by atoms with van der Waals surface area (Å²) in [5.74, 6) is -0.241. The topological polar surface area (TPSA) is 12.0 Å². The first kappa shape index (κ1) is 16.0. The molecule has 0 aliphatic rings. The summed E-state index contributed by atoms with van der Waals surface area (Å²) in [6.07, 6.45) is 0.545. The molecule has 2 aromatic rings. The van der Waals surface area contributed by atoms with E-state index in [1.807, 2.05) is 0 Å². The van der Waals surface area contributed by atoms with Crippen molar-refractivity contribution in [2.45, 2.75) is 33.2 Å². The highest BCUT2D eigenvalue weighted by molar-refractivity contribution is 6.31. The summed E-state index contributed by atoms with van der Waals surface area (Å²) in [6, 6.07) is 11.3. The highest BCUT2D eigenvalue weighted by atomic mass is 35.5. The van der Waals surface area contributed by atoms with Gasteiger partial charge >= 0.3 is 0 Å². The Hall–Kier alpha value is -1.38. The molecule has 2 aromatic carbocycles. The van der Waals surface area contributed by atoms with Crippen molar-refractivity contribution >= 4 is 11.6 Å². The van der Waals surface area contributed by atoms with Gasteiger partial charge in [0.25, 0.3) is 0 Å². The summed E-state index contributed by atoms with van der Waals surface area (Å²) in [7, 11) is 0. The summed E-state index contributed by atoms with van der Waals surface area (Å²) >= 11 is 6.16. The Bertz CT molecular complexity index is 604. The average Bonchev–Trinajstić information content (AvgIpc) is 2.42. The Labute approximate surface area is 131 Å². The molecule has 0 saturated heterocycles. The lowest BCUT2D eigenvalue weighted by Gasteiger charge is -2.21. The van der Waals surface area contributed by atoms with Crippen LogP contribution in [0.2, 0.25) is 5.02 Å². The molecule has 21 heavy (non-hydrogen) atoms. The fourth-order valence-corrected chi connectivity index (χ4v) is 2.93. The fraction of sp³-hybridized carbons (Fsp3) is 0.333. The minimum Gasteiger partial charge on any atom is -0.310 e. The lowest BCUT2D eigenvalue weighted by molar-refractivity contribution is 0.526. The monoisotopic (exact) mass is 305 g/mol. The molecule has 0 saturated carbocycles. The van der Waals surface area contributed by atoms with Gasteiger partial charge in [0.15, 0.2) is 0 Å². The molecule has 2 rings (SSSR count). The molecule has 0 spiro atoms. The molecule has 0 amide bonds. The van der Waals surface area contributed by atoms with Gasteiger partial charge in [-0.05, 0) is 50.1 Å². The zero-order chi connectivity index (χ0) is 15.4. The van der Waals surface area contributed by atoms with Gasteiger partial charge in [-0.15, -0.1) is 0 Å². The summed E-state index contributed by atoms with van der Waals surface area (Å²) in [4.78, 5) is 0. The zero-order valence-electron chi connectivity index (χ0n) is 12.7. The van der Waals surface area contributed by atoms with Crippen LogP contribution in [-0.4, -0.2) is 6.54 Å². The van der Waals surface area contributed by atoms with Crippen molar-refractivity contribution in [2.24, 2.45) is 0 Å². The third-order valence-electron chi connectivity index (χ3n) is 3.72. The van der Waals surface area contributed by atoms with E-state index in [1.165, 1.54) is 22.8 Å². The van der Waals surface area contributed by atoms with Crippen LogP contribution in [-0.2, 0) is 6.42 Å². The van der Waals surface area contributed by atoms with Gasteiger partial charge in [-0.2, -0.15) is 0 Å². The molecule has 1 unspecified atom stereocenters. The maximum atomic E-state index is 14.0. The molecular weight excluding hydrogens is 285 g/mol. The van der Waals surface area contributed by atoms with Crippen molar-refractivity contribution < 1.29 is 4.39 Å². The van der Waals surface area contributed by atoms with E-state index in [9.17, 15) is 4.39 Å². The number of aryl methyl sites for hydroxylation is 2. The van der Waals surface area contributed by atoms with Crippen LogP contribution in [0.3, 0.4) is 0 Å². The molecule has 0 heterocycles. The average molecular weight is 306 g/mol. The first-order valence-electron chi connectivity index (χ1n) is 7.26. The van der Waals surface area contributed by atoms with Crippen molar-refractivity contribution in [3.8, 4) is 0 Å². The SMILES string of the molecule is CCNC(Cc1c(F)cccc1Cl)c1ccc(C)cc1C. The van der Waals surface area contributed by atoms with E-state index in [2.05, 4.69) is 44.3 Å². The van der Waals surface area contributed by atoms with E-state index >= 15 is 0 Å². The molecule has 0 radical (unpaired) electrons.